The highest BCUT2D eigenvalue weighted by atomic mass is 35.5. The Bertz CT molecular complexity index is 711. The number of fused-ring (bicyclic) bond motifs is 1. The van der Waals surface area contributed by atoms with Crippen molar-refractivity contribution in [1.29, 1.82) is 0 Å². The maximum atomic E-state index is 11.7. The van der Waals surface area contributed by atoms with Gasteiger partial charge in [0.1, 0.15) is 0 Å². The monoisotopic (exact) mass is 324 g/mol. The summed E-state index contributed by atoms with van der Waals surface area (Å²) in [6.07, 6.45) is 0.243. The molecule has 5 nitrogen and oxygen atoms in total. The lowest BCUT2D eigenvalue weighted by atomic mass is 10.1. The first-order chi connectivity index (χ1) is 10.6. The number of benzene rings is 2. The zero-order valence-electron chi connectivity index (χ0n) is 12.9. The molecule has 0 N–H and O–H groups in total. The van der Waals surface area contributed by atoms with Gasteiger partial charge in [-0.1, -0.05) is 18.5 Å². The molecule has 118 valence electrons. The quantitative estimate of drug-likeness (QED) is 0.618. The summed E-state index contributed by atoms with van der Waals surface area (Å²) in [5.74, 6) is 1.03. The second-order valence-corrected chi connectivity index (χ2v) is 4.88. The third-order valence-corrected chi connectivity index (χ3v) is 3.44. The van der Waals surface area contributed by atoms with Crippen LogP contribution in [0, 0.1) is 0 Å². The third kappa shape index (κ3) is 2.76. The van der Waals surface area contributed by atoms with Crippen LogP contribution in [0.4, 0.5) is 0 Å². The van der Waals surface area contributed by atoms with Crippen LogP contribution < -0.4 is 18.9 Å². The van der Waals surface area contributed by atoms with E-state index in [1.165, 1.54) is 21.3 Å². The van der Waals surface area contributed by atoms with Crippen molar-refractivity contribution in [2.75, 3.05) is 21.3 Å². The van der Waals surface area contributed by atoms with E-state index in [0.29, 0.717) is 38.8 Å². The Morgan fingerprint density at radius 3 is 2.09 bits per heavy atom. The maximum absolute atomic E-state index is 11.7. The molecule has 22 heavy (non-hydrogen) atoms. The average molecular weight is 325 g/mol. The smallest absolute Gasteiger partial charge is 0.311 e. The van der Waals surface area contributed by atoms with E-state index in [4.69, 9.17) is 30.5 Å². The van der Waals surface area contributed by atoms with Gasteiger partial charge in [0.15, 0.2) is 11.5 Å². The first-order valence-electron chi connectivity index (χ1n) is 6.69. The predicted molar refractivity (Wildman–Crippen MR) is 84.5 cm³/mol. The molecule has 6 heteroatoms. The van der Waals surface area contributed by atoms with Gasteiger partial charge in [-0.05, 0) is 18.2 Å². The van der Waals surface area contributed by atoms with Crippen LogP contribution in [0.25, 0.3) is 10.8 Å². The molecule has 0 aliphatic carbocycles. The van der Waals surface area contributed by atoms with Gasteiger partial charge < -0.3 is 18.9 Å². The molecule has 0 atom stereocenters. The van der Waals surface area contributed by atoms with Gasteiger partial charge in [0.25, 0.3) is 0 Å². The molecule has 2 aromatic rings. The first kappa shape index (κ1) is 16.2. The molecule has 2 rings (SSSR count). The number of methoxy groups -OCH3 is 3. The predicted octanol–water partition coefficient (Wildman–Crippen LogP) is 3.83. The van der Waals surface area contributed by atoms with Gasteiger partial charge in [-0.15, -0.1) is 0 Å². The second-order valence-electron chi connectivity index (χ2n) is 4.45. The van der Waals surface area contributed by atoms with Crippen molar-refractivity contribution in [1.82, 2.24) is 0 Å². The molecular formula is C16H17ClO5. The number of rotatable bonds is 5. The lowest BCUT2D eigenvalue weighted by Crippen LogP contribution is -2.08. The fraction of sp³-hybridized carbons (Fsp3) is 0.312. The Kier molecular flexibility index (Phi) is 4.98. The summed E-state index contributed by atoms with van der Waals surface area (Å²) in [6.45, 7) is 1.72. The van der Waals surface area contributed by atoms with E-state index in [1.807, 2.05) is 0 Å². The van der Waals surface area contributed by atoms with Crippen molar-refractivity contribution in [2.24, 2.45) is 0 Å². The zero-order valence-corrected chi connectivity index (χ0v) is 13.6. The molecule has 0 aliphatic heterocycles. The highest BCUT2D eigenvalue weighted by Crippen LogP contribution is 2.51. The normalized spacial score (nSPS) is 10.4. The molecule has 0 amide bonds. The van der Waals surface area contributed by atoms with Crippen LogP contribution in [0.15, 0.2) is 18.2 Å². The number of carbonyl (C=O) groups excluding carboxylic acids is 1. The van der Waals surface area contributed by atoms with Crippen molar-refractivity contribution >= 4 is 28.3 Å². The molecule has 0 aliphatic rings. The number of hydrogen-bond donors (Lipinski definition) is 0. The van der Waals surface area contributed by atoms with Crippen LogP contribution in [-0.4, -0.2) is 27.3 Å². The van der Waals surface area contributed by atoms with Gasteiger partial charge >= 0.3 is 5.97 Å². The highest BCUT2D eigenvalue weighted by Gasteiger charge is 2.24. The minimum absolute atomic E-state index is 0.243. The van der Waals surface area contributed by atoms with Gasteiger partial charge in [-0.25, -0.2) is 0 Å². The summed E-state index contributed by atoms with van der Waals surface area (Å²) in [5, 5.41) is 1.86. The standard InChI is InChI=1S/C16H17ClO5/c1-5-12(18)22-14-10-7-6-9(17)8-11(10)13(19-2)15(20-3)16(14)21-4/h6-8H,5H2,1-4H3. The molecule has 0 saturated carbocycles. The van der Waals surface area contributed by atoms with Crippen molar-refractivity contribution in [3.63, 3.8) is 0 Å². The van der Waals surface area contributed by atoms with Crippen LogP contribution in [0.1, 0.15) is 13.3 Å². The minimum Gasteiger partial charge on any atom is -0.492 e. The van der Waals surface area contributed by atoms with Crippen LogP contribution in [0.5, 0.6) is 23.0 Å². The summed E-state index contributed by atoms with van der Waals surface area (Å²) in [7, 11) is 4.49. The van der Waals surface area contributed by atoms with Crippen LogP contribution in [0.3, 0.4) is 0 Å². The molecule has 0 aromatic heterocycles. The van der Waals surface area contributed by atoms with Gasteiger partial charge in [-0.3, -0.25) is 4.79 Å². The molecule has 0 fully saturated rings. The molecule has 0 bridgehead atoms. The Morgan fingerprint density at radius 1 is 0.955 bits per heavy atom. The Balaban J connectivity index is 2.87. The molecule has 0 unspecified atom stereocenters. The zero-order chi connectivity index (χ0) is 16.3. The van der Waals surface area contributed by atoms with Crippen molar-refractivity contribution in [2.45, 2.75) is 13.3 Å². The minimum atomic E-state index is -0.373. The molecule has 2 aromatic carbocycles. The number of esters is 1. The van der Waals surface area contributed by atoms with Crippen molar-refractivity contribution in [3.05, 3.63) is 23.2 Å². The number of halogens is 1. The van der Waals surface area contributed by atoms with Crippen LogP contribution in [-0.2, 0) is 4.79 Å². The maximum Gasteiger partial charge on any atom is 0.311 e. The first-order valence-corrected chi connectivity index (χ1v) is 7.07. The van der Waals surface area contributed by atoms with E-state index in [2.05, 4.69) is 0 Å². The van der Waals surface area contributed by atoms with Crippen LogP contribution >= 0.6 is 11.6 Å². The van der Waals surface area contributed by atoms with Crippen molar-refractivity contribution < 1.29 is 23.7 Å². The largest absolute Gasteiger partial charge is 0.492 e. The topological polar surface area (TPSA) is 54.0 Å². The molecule has 0 spiro atoms. The van der Waals surface area contributed by atoms with E-state index < -0.39 is 0 Å². The van der Waals surface area contributed by atoms with Crippen LogP contribution in [0.2, 0.25) is 5.02 Å². The number of hydrogen-bond acceptors (Lipinski definition) is 5. The van der Waals surface area contributed by atoms with E-state index in [-0.39, 0.29) is 12.4 Å². The van der Waals surface area contributed by atoms with E-state index in [9.17, 15) is 4.79 Å². The average Bonchev–Trinajstić information content (AvgIpc) is 2.53. The SMILES string of the molecule is CCC(=O)Oc1c(OC)c(OC)c(OC)c2cc(Cl)ccc12. The second kappa shape index (κ2) is 6.75. The Hall–Kier alpha value is -2.14. The fourth-order valence-electron chi connectivity index (χ4n) is 2.21. The summed E-state index contributed by atoms with van der Waals surface area (Å²) in [4.78, 5) is 11.7. The van der Waals surface area contributed by atoms with Gasteiger partial charge in [0, 0.05) is 22.2 Å². The Labute approximate surface area is 133 Å². The lowest BCUT2D eigenvalue weighted by Gasteiger charge is -2.19. The van der Waals surface area contributed by atoms with E-state index in [0.717, 1.165) is 0 Å². The molecular weight excluding hydrogens is 308 g/mol. The summed E-state index contributed by atoms with van der Waals surface area (Å²) in [5.41, 5.74) is 0. The molecule has 0 saturated heterocycles. The van der Waals surface area contributed by atoms with Gasteiger partial charge in [-0.2, -0.15) is 0 Å². The number of ether oxygens (including phenoxy) is 4. The highest BCUT2D eigenvalue weighted by molar-refractivity contribution is 6.31. The molecule has 0 heterocycles. The van der Waals surface area contributed by atoms with E-state index in [1.54, 1.807) is 25.1 Å². The van der Waals surface area contributed by atoms with Gasteiger partial charge in [0.05, 0.1) is 21.3 Å². The Morgan fingerprint density at radius 2 is 1.55 bits per heavy atom. The van der Waals surface area contributed by atoms with Crippen molar-refractivity contribution in [3.8, 4) is 23.0 Å². The van der Waals surface area contributed by atoms with E-state index >= 15 is 0 Å². The molecule has 0 radical (unpaired) electrons. The summed E-state index contributed by atoms with van der Waals surface area (Å²) in [6, 6.07) is 5.18. The van der Waals surface area contributed by atoms with Gasteiger partial charge in [0.2, 0.25) is 11.5 Å². The fourth-order valence-corrected chi connectivity index (χ4v) is 2.39. The third-order valence-electron chi connectivity index (χ3n) is 3.21. The number of carbonyl (C=O) groups is 1. The summed E-state index contributed by atoms with van der Waals surface area (Å²) < 4.78 is 21.6. The summed E-state index contributed by atoms with van der Waals surface area (Å²) >= 11 is 6.07. The lowest BCUT2D eigenvalue weighted by molar-refractivity contribution is -0.134.